The number of aromatic nitrogens is 1. The maximum Gasteiger partial charge on any atom is 0.185 e. The van der Waals surface area contributed by atoms with Gasteiger partial charge in [-0.1, -0.05) is 0 Å². The molecule has 2 nitrogen and oxygen atoms in total. The van der Waals surface area contributed by atoms with Crippen LogP contribution >= 0.6 is 36.2 Å². The van der Waals surface area contributed by atoms with Crippen molar-refractivity contribution in [3.63, 3.8) is 0 Å². The maximum atomic E-state index is 12.9. The molecule has 6 heteroatoms. The van der Waals surface area contributed by atoms with Crippen LogP contribution in [0.25, 0.3) is 11.3 Å². The Bertz CT molecular complexity index is 524. The number of benzene rings is 1. The van der Waals surface area contributed by atoms with Gasteiger partial charge in [0.25, 0.3) is 0 Å². The van der Waals surface area contributed by atoms with Crippen LogP contribution in [0.5, 0.6) is 0 Å². The third kappa shape index (κ3) is 3.84. The predicted octanol–water partition coefficient (Wildman–Crippen LogP) is 4.78. The Morgan fingerprint density at radius 1 is 1.00 bits per heavy atom. The Balaban J connectivity index is 0.000001000. The van der Waals surface area contributed by atoms with E-state index in [1.165, 1.54) is 31.4 Å². The van der Waals surface area contributed by atoms with E-state index in [2.05, 4.69) is 15.3 Å². The minimum absolute atomic E-state index is 0. The van der Waals surface area contributed by atoms with Gasteiger partial charge in [-0.15, -0.1) is 36.2 Å². The largest absolute Gasteiger partial charge is 0.348 e. The molecule has 1 saturated heterocycles. The molecule has 2 aromatic rings. The lowest BCUT2D eigenvalue weighted by atomic mass is 10.1. The lowest BCUT2D eigenvalue weighted by Crippen LogP contribution is -2.29. The van der Waals surface area contributed by atoms with Crippen LogP contribution in [0.2, 0.25) is 0 Å². The van der Waals surface area contributed by atoms with E-state index >= 15 is 0 Å². The topological polar surface area (TPSA) is 16.1 Å². The van der Waals surface area contributed by atoms with E-state index in [9.17, 15) is 4.39 Å². The van der Waals surface area contributed by atoms with Crippen LogP contribution in [0.1, 0.15) is 19.3 Å². The van der Waals surface area contributed by atoms with Crippen molar-refractivity contribution < 1.29 is 4.39 Å². The molecule has 0 saturated carbocycles. The van der Waals surface area contributed by atoms with Gasteiger partial charge in [0, 0.05) is 24.0 Å². The van der Waals surface area contributed by atoms with Crippen LogP contribution in [0.4, 0.5) is 9.52 Å². The zero-order chi connectivity index (χ0) is 12.4. The lowest BCUT2D eigenvalue weighted by molar-refractivity contribution is 0.577. The molecule has 1 fully saturated rings. The number of rotatable bonds is 2. The molecule has 20 heavy (non-hydrogen) atoms. The van der Waals surface area contributed by atoms with E-state index in [0.717, 1.165) is 29.5 Å². The van der Waals surface area contributed by atoms with Crippen LogP contribution < -0.4 is 4.90 Å². The zero-order valence-corrected chi connectivity index (χ0v) is 13.4. The molecule has 0 radical (unpaired) electrons. The normalized spacial score (nSPS) is 14.3. The molecule has 1 aromatic carbocycles. The second kappa shape index (κ2) is 7.81. The zero-order valence-electron chi connectivity index (χ0n) is 10.9. The summed E-state index contributed by atoms with van der Waals surface area (Å²) < 4.78 is 12.9. The number of piperidine rings is 1. The average molecular weight is 335 g/mol. The highest BCUT2D eigenvalue weighted by atomic mass is 35.5. The van der Waals surface area contributed by atoms with Crippen LogP contribution in [0.3, 0.4) is 0 Å². The van der Waals surface area contributed by atoms with Gasteiger partial charge in [0.15, 0.2) is 5.13 Å². The Kier molecular flexibility index (Phi) is 6.72. The first kappa shape index (κ1) is 17.2. The Labute approximate surface area is 134 Å². The molecule has 0 amide bonds. The Morgan fingerprint density at radius 3 is 2.30 bits per heavy atom. The van der Waals surface area contributed by atoms with Crippen molar-refractivity contribution >= 4 is 41.3 Å². The lowest BCUT2D eigenvalue weighted by Gasteiger charge is -2.25. The van der Waals surface area contributed by atoms with Crippen molar-refractivity contribution in [3.8, 4) is 11.3 Å². The van der Waals surface area contributed by atoms with E-state index in [0.29, 0.717) is 0 Å². The van der Waals surface area contributed by atoms with E-state index in [1.807, 2.05) is 0 Å². The van der Waals surface area contributed by atoms with Gasteiger partial charge < -0.3 is 4.90 Å². The molecule has 110 valence electrons. The van der Waals surface area contributed by atoms with E-state index in [1.54, 1.807) is 23.5 Å². The van der Waals surface area contributed by atoms with Crippen molar-refractivity contribution in [2.45, 2.75) is 19.3 Å². The third-order valence-corrected chi connectivity index (χ3v) is 4.16. The fraction of sp³-hybridized carbons (Fsp3) is 0.357. The van der Waals surface area contributed by atoms with Crippen LogP contribution in [-0.4, -0.2) is 18.1 Å². The fourth-order valence-corrected chi connectivity index (χ4v) is 3.14. The van der Waals surface area contributed by atoms with Gasteiger partial charge in [0.2, 0.25) is 0 Å². The Hall–Kier alpha value is -0.840. The minimum atomic E-state index is -0.203. The maximum absolute atomic E-state index is 12.9. The SMILES string of the molecule is Cl.Cl.Fc1ccc(-c2csc(N3CCCCC3)n2)cc1. The van der Waals surface area contributed by atoms with Gasteiger partial charge in [-0.25, -0.2) is 9.37 Å². The highest BCUT2D eigenvalue weighted by Gasteiger charge is 2.14. The number of anilines is 1. The molecule has 2 heterocycles. The molecule has 1 aliphatic heterocycles. The molecular formula is C14H17Cl2FN2S. The highest BCUT2D eigenvalue weighted by molar-refractivity contribution is 7.14. The van der Waals surface area contributed by atoms with Crippen molar-refractivity contribution in [3.05, 3.63) is 35.5 Å². The Morgan fingerprint density at radius 2 is 1.65 bits per heavy atom. The van der Waals surface area contributed by atoms with Gasteiger partial charge in [0.1, 0.15) is 5.82 Å². The molecule has 0 N–H and O–H groups in total. The molecule has 1 aromatic heterocycles. The second-order valence-corrected chi connectivity index (χ2v) is 5.41. The third-order valence-electron chi connectivity index (χ3n) is 3.26. The summed E-state index contributed by atoms with van der Waals surface area (Å²) in [5, 5.41) is 3.14. The molecule has 0 bridgehead atoms. The van der Waals surface area contributed by atoms with Crippen molar-refractivity contribution in [2.75, 3.05) is 18.0 Å². The summed E-state index contributed by atoms with van der Waals surface area (Å²) in [7, 11) is 0. The summed E-state index contributed by atoms with van der Waals surface area (Å²) >= 11 is 1.68. The summed E-state index contributed by atoms with van der Waals surface area (Å²) in [6.45, 7) is 2.22. The summed E-state index contributed by atoms with van der Waals surface area (Å²) in [4.78, 5) is 7.00. The summed E-state index contributed by atoms with van der Waals surface area (Å²) in [5.74, 6) is -0.203. The molecule has 0 unspecified atom stereocenters. The molecule has 3 rings (SSSR count). The van der Waals surface area contributed by atoms with Gasteiger partial charge >= 0.3 is 0 Å². The number of hydrogen-bond acceptors (Lipinski definition) is 3. The molecule has 1 aliphatic rings. The van der Waals surface area contributed by atoms with Gasteiger partial charge in [-0.05, 0) is 43.5 Å². The first-order chi connectivity index (χ1) is 8.83. The van der Waals surface area contributed by atoms with Crippen molar-refractivity contribution in [1.29, 1.82) is 0 Å². The highest BCUT2D eigenvalue weighted by Crippen LogP contribution is 2.29. The number of halogens is 3. The summed E-state index contributed by atoms with van der Waals surface area (Å²) in [6.07, 6.45) is 3.84. The van der Waals surface area contributed by atoms with E-state index < -0.39 is 0 Å². The first-order valence-electron chi connectivity index (χ1n) is 6.29. The molecular weight excluding hydrogens is 318 g/mol. The van der Waals surface area contributed by atoms with Crippen LogP contribution in [0.15, 0.2) is 29.6 Å². The van der Waals surface area contributed by atoms with Gasteiger partial charge in [0.05, 0.1) is 5.69 Å². The second-order valence-electron chi connectivity index (χ2n) is 4.57. The van der Waals surface area contributed by atoms with Crippen LogP contribution in [0, 0.1) is 5.82 Å². The molecule has 0 atom stereocenters. The van der Waals surface area contributed by atoms with E-state index in [4.69, 9.17) is 0 Å². The summed E-state index contributed by atoms with van der Waals surface area (Å²) in [6, 6.07) is 6.53. The number of nitrogens with zero attached hydrogens (tertiary/aromatic N) is 2. The standard InChI is InChI=1S/C14H15FN2S.2ClH/c15-12-6-4-11(5-7-12)13-10-18-14(16-13)17-8-2-1-3-9-17;;/h4-7,10H,1-3,8-9H2;2*1H. The first-order valence-corrected chi connectivity index (χ1v) is 7.17. The van der Waals surface area contributed by atoms with Gasteiger partial charge in [-0.2, -0.15) is 0 Å². The number of thiazole rings is 1. The average Bonchev–Trinajstić information content (AvgIpc) is 2.90. The van der Waals surface area contributed by atoms with Crippen molar-refractivity contribution in [2.24, 2.45) is 0 Å². The molecule has 0 spiro atoms. The monoisotopic (exact) mass is 334 g/mol. The van der Waals surface area contributed by atoms with Crippen LogP contribution in [-0.2, 0) is 0 Å². The van der Waals surface area contributed by atoms with Gasteiger partial charge in [-0.3, -0.25) is 0 Å². The van der Waals surface area contributed by atoms with Crippen molar-refractivity contribution in [1.82, 2.24) is 4.98 Å². The fourth-order valence-electron chi connectivity index (χ4n) is 2.25. The minimum Gasteiger partial charge on any atom is -0.348 e. The smallest absolute Gasteiger partial charge is 0.185 e. The predicted molar refractivity (Wildman–Crippen MR) is 88.1 cm³/mol. The summed E-state index contributed by atoms with van der Waals surface area (Å²) in [5.41, 5.74) is 1.93. The number of hydrogen-bond donors (Lipinski definition) is 0. The van der Waals surface area contributed by atoms with E-state index in [-0.39, 0.29) is 30.6 Å². The quantitative estimate of drug-likeness (QED) is 0.785. The molecule has 0 aliphatic carbocycles.